The molecule has 3 heteroatoms. The Labute approximate surface area is 117 Å². The van der Waals surface area contributed by atoms with E-state index in [1.807, 2.05) is 0 Å². The zero-order valence-electron chi connectivity index (χ0n) is 12.4. The van der Waals surface area contributed by atoms with E-state index >= 15 is 0 Å². The molecule has 110 valence electrons. The molecule has 0 saturated heterocycles. The lowest BCUT2D eigenvalue weighted by Gasteiger charge is -2.54. The van der Waals surface area contributed by atoms with Gasteiger partial charge in [-0.1, -0.05) is 0 Å². The summed E-state index contributed by atoms with van der Waals surface area (Å²) < 4.78 is 6.14. The van der Waals surface area contributed by atoms with Crippen LogP contribution in [0.5, 0.6) is 0 Å². The zero-order chi connectivity index (χ0) is 13.4. The van der Waals surface area contributed by atoms with Crippen LogP contribution in [-0.2, 0) is 4.74 Å². The van der Waals surface area contributed by atoms with Crippen molar-refractivity contribution in [2.45, 2.75) is 64.2 Å². The van der Waals surface area contributed by atoms with Crippen molar-refractivity contribution in [2.75, 3.05) is 13.2 Å². The second-order valence-corrected chi connectivity index (χ2v) is 7.60. The van der Waals surface area contributed by atoms with Gasteiger partial charge in [0.15, 0.2) is 0 Å². The highest BCUT2D eigenvalue weighted by molar-refractivity contribution is 4.99. The molecule has 4 saturated carbocycles. The van der Waals surface area contributed by atoms with Gasteiger partial charge >= 0.3 is 0 Å². The van der Waals surface area contributed by atoms with Crippen molar-refractivity contribution in [3.8, 4) is 0 Å². The van der Waals surface area contributed by atoms with E-state index in [1.54, 1.807) is 0 Å². The fourth-order valence-electron chi connectivity index (χ4n) is 4.87. The summed E-state index contributed by atoms with van der Waals surface area (Å²) in [5.41, 5.74) is 0. The van der Waals surface area contributed by atoms with Gasteiger partial charge in [0.2, 0.25) is 0 Å². The Morgan fingerprint density at radius 1 is 1.05 bits per heavy atom. The highest BCUT2D eigenvalue weighted by Crippen LogP contribution is 2.54. The van der Waals surface area contributed by atoms with Crippen molar-refractivity contribution in [3.05, 3.63) is 0 Å². The van der Waals surface area contributed by atoms with Crippen LogP contribution >= 0.6 is 0 Å². The summed E-state index contributed by atoms with van der Waals surface area (Å²) in [5.74, 6) is 3.61. The minimum absolute atomic E-state index is 0.306. The first kappa shape index (κ1) is 13.8. The van der Waals surface area contributed by atoms with E-state index in [0.717, 1.165) is 30.2 Å². The summed E-state index contributed by atoms with van der Waals surface area (Å²) in [7, 11) is 0. The quantitative estimate of drug-likeness (QED) is 0.759. The van der Waals surface area contributed by atoms with Crippen LogP contribution in [-0.4, -0.2) is 36.5 Å². The highest BCUT2D eigenvalue weighted by Gasteiger charge is 2.48. The van der Waals surface area contributed by atoms with Crippen LogP contribution in [0.15, 0.2) is 0 Å². The Bertz CT molecular complexity index is 277. The molecule has 0 aromatic rings. The lowest BCUT2D eigenvalue weighted by molar-refractivity contribution is -0.688. The van der Waals surface area contributed by atoms with Gasteiger partial charge in [0.05, 0.1) is 18.8 Å². The van der Waals surface area contributed by atoms with Gasteiger partial charge in [-0.3, -0.25) is 0 Å². The SMILES string of the molecule is CC(C)[NH2+]C[C@H](O)COC1C2CC3CC(C2)CC1C3. The second kappa shape index (κ2) is 5.71. The maximum Gasteiger partial charge on any atom is 0.126 e. The largest absolute Gasteiger partial charge is 0.385 e. The van der Waals surface area contributed by atoms with Gasteiger partial charge in [0.1, 0.15) is 12.6 Å². The van der Waals surface area contributed by atoms with Gasteiger partial charge in [0.25, 0.3) is 0 Å². The first-order chi connectivity index (χ1) is 9.11. The van der Waals surface area contributed by atoms with Gasteiger partial charge in [-0.05, 0) is 69.6 Å². The van der Waals surface area contributed by atoms with E-state index in [0.29, 0.717) is 18.8 Å². The van der Waals surface area contributed by atoms with E-state index < -0.39 is 0 Å². The van der Waals surface area contributed by atoms with Crippen molar-refractivity contribution in [1.82, 2.24) is 0 Å². The molecule has 4 aliphatic carbocycles. The average Bonchev–Trinajstić information content (AvgIpc) is 2.34. The summed E-state index contributed by atoms with van der Waals surface area (Å²) in [5, 5.41) is 12.2. The fraction of sp³-hybridized carbons (Fsp3) is 1.00. The van der Waals surface area contributed by atoms with Crippen LogP contribution in [0.2, 0.25) is 0 Å². The second-order valence-electron chi connectivity index (χ2n) is 7.60. The zero-order valence-corrected chi connectivity index (χ0v) is 12.4. The summed E-state index contributed by atoms with van der Waals surface area (Å²) in [6.07, 6.45) is 7.22. The Hall–Kier alpha value is -0.120. The molecule has 19 heavy (non-hydrogen) atoms. The van der Waals surface area contributed by atoms with Crippen LogP contribution in [0.1, 0.15) is 46.0 Å². The standard InChI is InChI=1S/C16H29NO2/c1-10(2)17-8-15(18)9-19-16-13-4-11-3-12(6-13)7-14(16)5-11/h10-18H,3-9H2,1-2H3/p+1/t11?,12?,13?,14?,15-,16?/m0/s1. The summed E-state index contributed by atoms with van der Waals surface area (Å²) >= 11 is 0. The number of aliphatic hydroxyl groups is 1. The number of aliphatic hydroxyl groups excluding tert-OH is 1. The van der Waals surface area contributed by atoms with Gasteiger partial charge in [0, 0.05) is 0 Å². The number of rotatable bonds is 6. The molecule has 4 rings (SSSR count). The van der Waals surface area contributed by atoms with Gasteiger partial charge in [-0.25, -0.2) is 0 Å². The lowest BCUT2D eigenvalue weighted by atomic mass is 9.55. The molecule has 3 nitrogen and oxygen atoms in total. The van der Waals surface area contributed by atoms with Crippen molar-refractivity contribution in [3.63, 3.8) is 0 Å². The van der Waals surface area contributed by atoms with Gasteiger partial charge in [-0.15, -0.1) is 0 Å². The first-order valence-electron chi connectivity index (χ1n) is 8.24. The fourth-order valence-corrected chi connectivity index (χ4v) is 4.87. The van der Waals surface area contributed by atoms with Crippen LogP contribution in [0.3, 0.4) is 0 Å². The number of quaternary nitrogens is 1. The molecule has 0 unspecified atom stereocenters. The molecule has 0 heterocycles. The van der Waals surface area contributed by atoms with Crippen molar-refractivity contribution in [2.24, 2.45) is 23.7 Å². The molecule has 0 aliphatic heterocycles. The van der Waals surface area contributed by atoms with Crippen molar-refractivity contribution >= 4 is 0 Å². The van der Waals surface area contributed by atoms with Gasteiger partial charge in [-0.2, -0.15) is 0 Å². The third kappa shape index (κ3) is 3.14. The third-order valence-corrected chi connectivity index (χ3v) is 5.50. The van der Waals surface area contributed by atoms with Crippen LogP contribution < -0.4 is 5.32 Å². The topological polar surface area (TPSA) is 46.1 Å². The van der Waals surface area contributed by atoms with Crippen molar-refractivity contribution < 1.29 is 15.2 Å². The van der Waals surface area contributed by atoms with E-state index in [9.17, 15) is 5.11 Å². The predicted molar refractivity (Wildman–Crippen MR) is 74.7 cm³/mol. The molecule has 0 aromatic heterocycles. The van der Waals surface area contributed by atoms with Crippen LogP contribution in [0.4, 0.5) is 0 Å². The van der Waals surface area contributed by atoms with Gasteiger partial charge < -0.3 is 15.2 Å². The number of ether oxygens (including phenoxy) is 1. The molecule has 0 aromatic carbocycles. The van der Waals surface area contributed by atoms with E-state index in [2.05, 4.69) is 19.2 Å². The normalized spacial score (nSPS) is 42.0. The molecular weight excluding hydrogens is 238 g/mol. The maximum absolute atomic E-state index is 10.00. The van der Waals surface area contributed by atoms with Crippen LogP contribution in [0, 0.1) is 23.7 Å². The average molecular weight is 268 g/mol. The minimum Gasteiger partial charge on any atom is -0.385 e. The predicted octanol–water partition coefficient (Wildman–Crippen LogP) is 1.16. The molecule has 0 amide bonds. The Balaban J connectivity index is 1.45. The molecule has 0 spiro atoms. The maximum atomic E-state index is 10.00. The number of hydrogen-bond acceptors (Lipinski definition) is 2. The molecule has 4 bridgehead atoms. The minimum atomic E-state index is -0.306. The molecule has 3 N–H and O–H groups in total. The smallest absolute Gasteiger partial charge is 0.126 e. The molecular formula is C16H30NO2+. The van der Waals surface area contributed by atoms with Crippen molar-refractivity contribution in [1.29, 1.82) is 0 Å². The van der Waals surface area contributed by atoms with E-state index in [1.165, 1.54) is 32.1 Å². The Morgan fingerprint density at radius 3 is 2.16 bits per heavy atom. The highest BCUT2D eigenvalue weighted by atomic mass is 16.5. The van der Waals surface area contributed by atoms with Crippen LogP contribution in [0.25, 0.3) is 0 Å². The number of hydrogen-bond donors (Lipinski definition) is 2. The summed E-state index contributed by atoms with van der Waals surface area (Å²) in [6.45, 7) is 5.62. The monoisotopic (exact) mass is 268 g/mol. The summed E-state index contributed by atoms with van der Waals surface area (Å²) in [6, 6.07) is 0.552. The van der Waals surface area contributed by atoms with E-state index in [4.69, 9.17) is 4.74 Å². The number of nitrogens with two attached hydrogens (primary N) is 1. The first-order valence-corrected chi connectivity index (χ1v) is 8.24. The Morgan fingerprint density at radius 2 is 1.63 bits per heavy atom. The molecule has 0 radical (unpaired) electrons. The molecule has 4 fully saturated rings. The molecule has 1 atom stereocenters. The Kier molecular flexibility index (Phi) is 4.16. The third-order valence-electron chi connectivity index (χ3n) is 5.50. The lowest BCUT2D eigenvalue weighted by Crippen LogP contribution is -2.90. The summed E-state index contributed by atoms with van der Waals surface area (Å²) in [4.78, 5) is 0. The van der Waals surface area contributed by atoms with E-state index in [-0.39, 0.29) is 6.10 Å². The molecule has 4 aliphatic rings.